The van der Waals surface area contributed by atoms with Crippen LogP contribution in [0, 0.1) is 0 Å². The van der Waals surface area contributed by atoms with Crippen molar-refractivity contribution in [2.45, 2.75) is 6.17 Å². The zero-order chi connectivity index (χ0) is 42.1. The third-order valence-corrected chi connectivity index (χ3v) is 8.35. The number of fused-ring (bicyclic) bond motifs is 3. The number of nitrogens with zero attached hydrogens (tertiary/aromatic N) is 2. The van der Waals surface area contributed by atoms with Gasteiger partial charge in [0, 0.05) is 21.9 Å². The van der Waals surface area contributed by atoms with Crippen molar-refractivity contribution in [2.75, 3.05) is 0 Å². The van der Waals surface area contributed by atoms with Gasteiger partial charge in [0.15, 0.2) is 6.17 Å². The Bertz CT molecular complexity index is 3130. The molecule has 232 valence electrons. The van der Waals surface area contributed by atoms with Gasteiger partial charge in [-0.1, -0.05) is 151 Å². The van der Waals surface area contributed by atoms with Crippen molar-refractivity contribution >= 4 is 33.6 Å². The van der Waals surface area contributed by atoms with Gasteiger partial charge >= 0.3 is 0 Å². The SMILES string of the molecule is [2H]c1c([2H])c(-c2c([2H])c([2H])c([2H])c3oc4c([2H])c([2H])c([2H])c([2H])c4c23)c([2H])c(C2N=C(c3ccc(-c4ccccc4)cc3)NC(c3cccc(-c4ccccc4)c3)=N2)c1[2H]. The summed E-state index contributed by atoms with van der Waals surface area (Å²) in [6.45, 7) is 0. The molecule has 1 N–H and O–H groups in total. The lowest BCUT2D eigenvalue weighted by Crippen LogP contribution is -2.36. The van der Waals surface area contributed by atoms with E-state index in [0.29, 0.717) is 22.8 Å². The molecule has 7 aromatic carbocycles. The summed E-state index contributed by atoms with van der Waals surface area (Å²) in [5.41, 5.74) is 3.66. The second-order valence-corrected chi connectivity index (χ2v) is 11.4. The van der Waals surface area contributed by atoms with E-state index in [-0.39, 0.29) is 38.6 Å². The van der Waals surface area contributed by atoms with Crippen LogP contribution >= 0.6 is 0 Å². The number of benzene rings is 7. The predicted molar refractivity (Wildman–Crippen MR) is 202 cm³/mol. The molecule has 0 saturated heterocycles. The van der Waals surface area contributed by atoms with Crippen LogP contribution in [0.3, 0.4) is 0 Å². The molecule has 1 aliphatic heterocycles. The van der Waals surface area contributed by atoms with Crippen molar-refractivity contribution in [3.05, 3.63) is 192 Å². The molecule has 1 aromatic heterocycles. The van der Waals surface area contributed by atoms with Crippen LogP contribution in [0.5, 0.6) is 0 Å². The molecule has 0 bridgehead atoms. The number of furan rings is 1. The van der Waals surface area contributed by atoms with E-state index < -0.39 is 72.6 Å². The van der Waals surface area contributed by atoms with Gasteiger partial charge < -0.3 is 9.73 Å². The summed E-state index contributed by atoms with van der Waals surface area (Å²) in [4.78, 5) is 9.84. The minimum absolute atomic E-state index is 0.175. The molecule has 0 aliphatic carbocycles. The van der Waals surface area contributed by atoms with Crippen molar-refractivity contribution in [3.63, 3.8) is 0 Å². The second-order valence-electron chi connectivity index (χ2n) is 11.4. The molecule has 1 unspecified atom stereocenters. The lowest BCUT2D eigenvalue weighted by atomic mass is 9.97. The van der Waals surface area contributed by atoms with Gasteiger partial charge in [-0.2, -0.15) is 0 Å². The molecule has 0 amide bonds. The van der Waals surface area contributed by atoms with Crippen LogP contribution in [0.25, 0.3) is 55.3 Å². The third-order valence-electron chi connectivity index (χ3n) is 8.35. The highest BCUT2D eigenvalue weighted by Crippen LogP contribution is 2.38. The number of nitrogens with one attached hydrogen (secondary N) is 1. The molecule has 49 heavy (non-hydrogen) atoms. The van der Waals surface area contributed by atoms with E-state index in [9.17, 15) is 2.74 Å². The van der Waals surface area contributed by atoms with Gasteiger partial charge in [-0.3, -0.25) is 0 Å². The second kappa shape index (κ2) is 12.3. The van der Waals surface area contributed by atoms with E-state index in [1.807, 2.05) is 109 Å². The fourth-order valence-corrected chi connectivity index (χ4v) is 5.96. The minimum Gasteiger partial charge on any atom is -0.456 e. The largest absolute Gasteiger partial charge is 0.456 e. The Balaban J connectivity index is 1.29. The molecule has 0 fully saturated rings. The molecule has 0 spiro atoms. The minimum atomic E-state index is -1.33. The molecule has 2 heterocycles. The lowest BCUT2D eigenvalue weighted by molar-refractivity contribution is 0.669. The number of aliphatic imine (C=N–C) groups is 2. The normalized spacial score (nSPS) is 17.5. The standard InChI is InChI=1S/C45H31N3O/c1-3-12-30(13-4-1)32-24-26-33(27-25-32)43-46-44(36-18-9-16-34(28-36)31-14-5-2-6-15-31)48-45(47-43)37-19-10-17-35(29-37)38-21-11-23-41-42(38)39-20-7-8-22-40(39)49-41/h1-29,45H,(H,46,47,48)/i7D,8D,10D,11D,17D,19D,20D,21D,22D,23D,29D. The number of hydrogen-bond acceptors (Lipinski definition) is 4. The number of rotatable bonds is 6. The van der Waals surface area contributed by atoms with Gasteiger partial charge in [0.25, 0.3) is 0 Å². The van der Waals surface area contributed by atoms with Gasteiger partial charge in [0.05, 0.1) is 15.1 Å². The number of amidine groups is 2. The third kappa shape index (κ3) is 5.49. The van der Waals surface area contributed by atoms with E-state index in [1.54, 1.807) is 0 Å². The van der Waals surface area contributed by atoms with Crippen molar-refractivity contribution in [1.82, 2.24) is 5.32 Å². The molecule has 4 nitrogen and oxygen atoms in total. The van der Waals surface area contributed by atoms with Gasteiger partial charge in [-0.15, -0.1) is 0 Å². The molecule has 0 radical (unpaired) electrons. The topological polar surface area (TPSA) is 49.9 Å². The fourth-order valence-electron chi connectivity index (χ4n) is 5.96. The van der Waals surface area contributed by atoms with E-state index in [1.165, 1.54) is 0 Å². The monoisotopic (exact) mass is 640 g/mol. The zero-order valence-electron chi connectivity index (χ0n) is 36.8. The van der Waals surface area contributed by atoms with Crippen LogP contribution in [0.4, 0.5) is 0 Å². The van der Waals surface area contributed by atoms with E-state index in [2.05, 4.69) is 5.32 Å². The Hall–Kier alpha value is -6.52. The van der Waals surface area contributed by atoms with Gasteiger partial charge in [-0.05, 0) is 63.1 Å². The highest BCUT2D eigenvalue weighted by Gasteiger charge is 2.22. The van der Waals surface area contributed by atoms with E-state index in [0.717, 1.165) is 22.3 Å². The summed E-state index contributed by atoms with van der Waals surface area (Å²) in [5, 5.41) is 2.98. The Morgan fingerprint density at radius 2 is 1.12 bits per heavy atom. The van der Waals surface area contributed by atoms with Gasteiger partial charge in [-0.25, -0.2) is 9.98 Å². The summed E-state index contributed by atoms with van der Waals surface area (Å²) in [5.74, 6) is 0.702. The highest BCUT2D eigenvalue weighted by atomic mass is 16.3. The first-order valence-corrected chi connectivity index (χ1v) is 15.6. The highest BCUT2D eigenvalue weighted by molar-refractivity contribution is 6.16. The molecule has 1 atom stereocenters. The van der Waals surface area contributed by atoms with Crippen LogP contribution in [0.1, 0.15) is 37.9 Å². The van der Waals surface area contributed by atoms with Crippen molar-refractivity contribution < 1.29 is 19.5 Å². The van der Waals surface area contributed by atoms with Crippen LogP contribution in [0.2, 0.25) is 0 Å². The predicted octanol–water partition coefficient (Wildman–Crippen LogP) is 11.1. The van der Waals surface area contributed by atoms with Crippen LogP contribution in [-0.4, -0.2) is 11.7 Å². The maximum atomic E-state index is 9.68. The molecule has 8 aromatic rings. The van der Waals surface area contributed by atoms with Gasteiger partial charge in [0.1, 0.15) is 22.8 Å². The quantitative estimate of drug-likeness (QED) is 0.197. The molecule has 4 heteroatoms. The molecule has 0 saturated carbocycles. The maximum absolute atomic E-state index is 9.68. The first-order chi connectivity index (χ1) is 28.8. The Morgan fingerprint density at radius 1 is 0.510 bits per heavy atom. The van der Waals surface area contributed by atoms with Crippen LogP contribution in [0.15, 0.2) is 190 Å². The zero-order valence-corrected chi connectivity index (χ0v) is 25.8. The van der Waals surface area contributed by atoms with Gasteiger partial charge in [0.2, 0.25) is 0 Å². The summed E-state index contributed by atoms with van der Waals surface area (Å²) >= 11 is 0. The average molecular weight is 641 g/mol. The molecular formula is C45H31N3O. The molecule has 9 rings (SSSR count). The lowest BCUT2D eigenvalue weighted by Gasteiger charge is -2.23. The molecular weight excluding hydrogens is 599 g/mol. The maximum Gasteiger partial charge on any atom is 0.169 e. The summed E-state index contributed by atoms with van der Waals surface area (Å²) in [6.07, 6.45) is -1.33. The summed E-state index contributed by atoms with van der Waals surface area (Å²) in [6, 6.07) is 28.6. The summed E-state index contributed by atoms with van der Waals surface area (Å²) < 4.78 is 103. The first kappa shape index (κ1) is 19.3. The Morgan fingerprint density at radius 3 is 1.92 bits per heavy atom. The Kier molecular flexibility index (Phi) is 4.84. The molecule has 1 aliphatic rings. The van der Waals surface area contributed by atoms with Crippen LogP contribution < -0.4 is 5.32 Å². The van der Waals surface area contributed by atoms with Crippen molar-refractivity contribution in [2.24, 2.45) is 9.98 Å². The fraction of sp³-hybridized carbons (Fsp3) is 0.0222. The first-order valence-electron chi connectivity index (χ1n) is 21.1. The van der Waals surface area contributed by atoms with Crippen molar-refractivity contribution in [3.8, 4) is 33.4 Å². The van der Waals surface area contributed by atoms with E-state index in [4.69, 9.17) is 26.7 Å². The smallest absolute Gasteiger partial charge is 0.169 e. The average Bonchev–Trinajstić information content (AvgIpc) is 3.69. The van der Waals surface area contributed by atoms with Crippen LogP contribution in [-0.2, 0) is 0 Å². The van der Waals surface area contributed by atoms with Crippen molar-refractivity contribution in [1.29, 1.82) is 0 Å². The Labute approximate surface area is 300 Å². The number of para-hydroxylation sites is 1. The number of hydrogen-bond donors (Lipinski definition) is 1. The van der Waals surface area contributed by atoms with E-state index >= 15 is 0 Å². The summed E-state index contributed by atoms with van der Waals surface area (Å²) in [7, 11) is 0.